The summed E-state index contributed by atoms with van der Waals surface area (Å²) in [5.74, 6) is 5.26. The number of halogens is 1. The van der Waals surface area contributed by atoms with Crippen LogP contribution in [0.5, 0.6) is 5.75 Å². The highest BCUT2D eigenvalue weighted by Gasteiger charge is 1.97. The van der Waals surface area contributed by atoms with Gasteiger partial charge < -0.3 is 9.53 Å². The monoisotopic (exact) mass is 192 g/mol. The SMILES string of the molecule is COc1cc(F)cc(C#CCC=O)c1. The van der Waals surface area contributed by atoms with Crippen molar-refractivity contribution in [3.8, 4) is 17.6 Å². The van der Waals surface area contributed by atoms with Crippen LogP contribution >= 0.6 is 0 Å². The molecule has 3 heteroatoms. The Hall–Kier alpha value is -1.82. The number of aldehydes is 1. The maximum absolute atomic E-state index is 12.9. The van der Waals surface area contributed by atoms with E-state index in [0.29, 0.717) is 17.6 Å². The topological polar surface area (TPSA) is 26.3 Å². The molecule has 2 nitrogen and oxygen atoms in total. The molecule has 0 aliphatic carbocycles. The van der Waals surface area contributed by atoms with Crippen LogP contribution in [-0.2, 0) is 4.79 Å². The molecule has 1 rings (SSSR count). The summed E-state index contributed by atoms with van der Waals surface area (Å²) < 4.78 is 17.8. The fourth-order valence-corrected chi connectivity index (χ4v) is 0.947. The quantitative estimate of drug-likeness (QED) is 0.527. The second kappa shape index (κ2) is 5.03. The summed E-state index contributed by atoms with van der Waals surface area (Å²) >= 11 is 0. The molecular weight excluding hydrogens is 183 g/mol. The molecule has 72 valence electrons. The van der Waals surface area contributed by atoms with E-state index < -0.39 is 5.82 Å². The second-order valence-corrected chi connectivity index (χ2v) is 2.55. The first kappa shape index (κ1) is 10.3. The number of hydrogen-bond acceptors (Lipinski definition) is 2. The van der Waals surface area contributed by atoms with Crippen molar-refractivity contribution in [3.63, 3.8) is 0 Å². The molecule has 0 aliphatic heterocycles. The van der Waals surface area contributed by atoms with Crippen molar-refractivity contribution in [2.45, 2.75) is 6.42 Å². The molecule has 0 aliphatic rings. The van der Waals surface area contributed by atoms with Crippen molar-refractivity contribution in [3.05, 3.63) is 29.6 Å². The second-order valence-electron chi connectivity index (χ2n) is 2.55. The largest absolute Gasteiger partial charge is 0.497 e. The molecule has 0 heterocycles. The van der Waals surface area contributed by atoms with Gasteiger partial charge in [0, 0.05) is 11.6 Å². The molecule has 0 bridgehead atoms. The van der Waals surface area contributed by atoms with Crippen molar-refractivity contribution in [2.75, 3.05) is 7.11 Å². The Balaban J connectivity index is 2.93. The third kappa shape index (κ3) is 2.91. The Kier molecular flexibility index (Phi) is 3.69. The minimum absolute atomic E-state index is 0.152. The van der Waals surface area contributed by atoms with E-state index in [1.54, 1.807) is 6.07 Å². The van der Waals surface area contributed by atoms with Gasteiger partial charge in [0.05, 0.1) is 13.5 Å². The van der Waals surface area contributed by atoms with Crippen LogP contribution < -0.4 is 4.74 Å². The lowest BCUT2D eigenvalue weighted by Crippen LogP contribution is -1.86. The molecule has 1 aromatic carbocycles. The average Bonchev–Trinajstić information content (AvgIpc) is 2.17. The van der Waals surface area contributed by atoms with Gasteiger partial charge in [-0.25, -0.2) is 4.39 Å². The number of hydrogen-bond donors (Lipinski definition) is 0. The summed E-state index contributed by atoms with van der Waals surface area (Å²) in [6, 6.07) is 4.17. The lowest BCUT2D eigenvalue weighted by atomic mass is 10.2. The van der Waals surface area contributed by atoms with Gasteiger partial charge in [-0.3, -0.25) is 0 Å². The first-order chi connectivity index (χ1) is 6.76. The number of methoxy groups -OCH3 is 1. The Bertz CT molecular complexity index is 388. The summed E-state index contributed by atoms with van der Waals surface area (Å²) in [7, 11) is 1.46. The summed E-state index contributed by atoms with van der Waals surface area (Å²) in [5, 5.41) is 0. The summed E-state index contributed by atoms with van der Waals surface area (Å²) in [4.78, 5) is 9.98. The van der Waals surface area contributed by atoms with Gasteiger partial charge in [-0.15, -0.1) is 0 Å². The van der Waals surface area contributed by atoms with Crippen LogP contribution in [0.25, 0.3) is 0 Å². The predicted octanol–water partition coefficient (Wildman–Crippen LogP) is 1.77. The van der Waals surface area contributed by atoms with Crippen molar-refractivity contribution in [1.82, 2.24) is 0 Å². The number of ether oxygens (including phenoxy) is 1. The first-order valence-corrected chi connectivity index (χ1v) is 4.03. The minimum atomic E-state index is -0.403. The molecule has 0 atom stereocenters. The molecule has 0 spiro atoms. The number of benzene rings is 1. The highest BCUT2D eigenvalue weighted by molar-refractivity contribution is 5.55. The predicted molar refractivity (Wildman–Crippen MR) is 50.5 cm³/mol. The summed E-state index contributed by atoms with van der Waals surface area (Å²) in [5.41, 5.74) is 0.503. The van der Waals surface area contributed by atoms with Crippen molar-refractivity contribution in [2.24, 2.45) is 0 Å². The van der Waals surface area contributed by atoms with Gasteiger partial charge in [0.1, 0.15) is 17.9 Å². The zero-order valence-electron chi connectivity index (χ0n) is 7.71. The Morgan fingerprint density at radius 1 is 1.50 bits per heavy atom. The molecule has 0 aromatic heterocycles. The van der Waals surface area contributed by atoms with Gasteiger partial charge in [-0.1, -0.05) is 11.8 Å². The van der Waals surface area contributed by atoms with E-state index in [4.69, 9.17) is 4.74 Å². The Labute approximate surface area is 81.7 Å². The van der Waals surface area contributed by atoms with Crippen LogP contribution in [-0.4, -0.2) is 13.4 Å². The molecule has 14 heavy (non-hydrogen) atoms. The highest BCUT2D eigenvalue weighted by Crippen LogP contribution is 2.14. The highest BCUT2D eigenvalue weighted by atomic mass is 19.1. The van der Waals surface area contributed by atoms with Crippen LogP contribution in [0, 0.1) is 17.7 Å². The van der Waals surface area contributed by atoms with Crippen LogP contribution in [0.15, 0.2) is 18.2 Å². The number of carbonyl (C=O) groups is 1. The number of carbonyl (C=O) groups excluding carboxylic acids is 1. The zero-order valence-corrected chi connectivity index (χ0v) is 7.71. The van der Waals surface area contributed by atoms with Crippen LogP contribution in [0.1, 0.15) is 12.0 Å². The Morgan fingerprint density at radius 2 is 2.29 bits per heavy atom. The lowest BCUT2D eigenvalue weighted by molar-refractivity contribution is -0.107. The van der Waals surface area contributed by atoms with Gasteiger partial charge in [0.15, 0.2) is 0 Å². The molecule has 0 N–H and O–H groups in total. The fraction of sp³-hybridized carbons (Fsp3) is 0.182. The fourth-order valence-electron chi connectivity index (χ4n) is 0.947. The molecule has 0 saturated heterocycles. The molecular formula is C11H9FO2. The molecule has 1 aromatic rings. The van der Waals surface area contributed by atoms with E-state index >= 15 is 0 Å². The van der Waals surface area contributed by atoms with E-state index in [-0.39, 0.29) is 6.42 Å². The third-order valence-corrected chi connectivity index (χ3v) is 1.53. The van der Waals surface area contributed by atoms with Gasteiger partial charge in [0.2, 0.25) is 0 Å². The van der Waals surface area contributed by atoms with E-state index in [2.05, 4.69) is 11.8 Å². The maximum atomic E-state index is 12.9. The molecule has 0 saturated carbocycles. The van der Waals surface area contributed by atoms with Gasteiger partial charge >= 0.3 is 0 Å². The van der Waals surface area contributed by atoms with Crippen LogP contribution in [0.3, 0.4) is 0 Å². The van der Waals surface area contributed by atoms with Crippen LogP contribution in [0.4, 0.5) is 4.39 Å². The standard InChI is InChI=1S/C11H9FO2/c1-14-11-7-9(4-2-3-5-13)6-10(12)8-11/h5-8H,3H2,1H3. The summed E-state index contributed by atoms with van der Waals surface area (Å²) in [6.07, 6.45) is 0.850. The summed E-state index contributed by atoms with van der Waals surface area (Å²) in [6.45, 7) is 0. The maximum Gasteiger partial charge on any atom is 0.131 e. The molecule has 0 unspecified atom stereocenters. The average molecular weight is 192 g/mol. The van der Waals surface area contributed by atoms with E-state index in [0.717, 1.165) is 0 Å². The molecule has 0 fully saturated rings. The minimum Gasteiger partial charge on any atom is -0.497 e. The smallest absolute Gasteiger partial charge is 0.131 e. The molecule has 0 radical (unpaired) electrons. The van der Waals surface area contributed by atoms with E-state index in [9.17, 15) is 9.18 Å². The third-order valence-electron chi connectivity index (χ3n) is 1.53. The van der Waals surface area contributed by atoms with Gasteiger partial charge in [-0.05, 0) is 12.1 Å². The van der Waals surface area contributed by atoms with Crippen molar-refractivity contribution < 1.29 is 13.9 Å². The van der Waals surface area contributed by atoms with Crippen LogP contribution in [0.2, 0.25) is 0 Å². The van der Waals surface area contributed by atoms with E-state index in [1.165, 1.54) is 19.2 Å². The normalized spacial score (nSPS) is 8.71. The lowest BCUT2D eigenvalue weighted by Gasteiger charge is -1.99. The molecule has 0 amide bonds. The Morgan fingerprint density at radius 3 is 2.93 bits per heavy atom. The zero-order chi connectivity index (χ0) is 10.4. The van der Waals surface area contributed by atoms with E-state index in [1.807, 2.05) is 0 Å². The van der Waals surface area contributed by atoms with Crippen molar-refractivity contribution >= 4 is 6.29 Å². The van der Waals surface area contributed by atoms with Crippen molar-refractivity contribution in [1.29, 1.82) is 0 Å². The van der Waals surface area contributed by atoms with Gasteiger partial charge in [0.25, 0.3) is 0 Å². The first-order valence-electron chi connectivity index (χ1n) is 4.03. The number of rotatable bonds is 2. The van der Waals surface area contributed by atoms with Gasteiger partial charge in [-0.2, -0.15) is 0 Å².